The number of piperazine rings is 1. The molecular formula is C16H30N4O2. The van der Waals surface area contributed by atoms with E-state index in [1.807, 2.05) is 4.90 Å². The Morgan fingerprint density at radius 3 is 2.32 bits per heavy atom. The van der Waals surface area contributed by atoms with E-state index in [-0.39, 0.29) is 6.03 Å². The van der Waals surface area contributed by atoms with E-state index in [2.05, 4.69) is 29.0 Å². The van der Waals surface area contributed by atoms with Crippen LogP contribution in [-0.2, 0) is 4.74 Å². The van der Waals surface area contributed by atoms with Crippen molar-refractivity contribution in [3.8, 4) is 0 Å². The van der Waals surface area contributed by atoms with E-state index in [0.717, 1.165) is 65.3 Å². The first-order valence-electron chi connectivity index (χ1n) is 8.75. The van der Waals surface area contributed by atoms with Crippen molar-refractivity contribution in [3.05, 3.63) is 0 Å². The van der Waals surface area contributed by atoms with Gasteiger partial charge in [-0.15, -0.1) is 0 Å². The predicted molar refractivity (Wildman–Crippen MR) is 86.0 cm³/mol. The summed E-state index contributed by atoms with van der Waals surface area (Å²) in [6.07, 6.45) is 1.89. The summed E-state index contributed by atoms with van der Waals surface area (Å²) in [4.78, 5) is 19.2. The van der Waals surface area contributed by atoms with E-state index in [0.29, 0.717) is 18.1 Å². The summed E-state index contributed by atoms with van der Waals surface area (Å²) in [6, 6.07) is 1.62. The lowest BCUT2D eigenvalue weighted by Gasteiger charge is -2.48. The summed E-state index contributed by atoms with van der Waals surface area (Å²) in [5.74, 6) is 0. The highest BCUT2D eigenvalue weighted by atomic mass is 16.5. The van der Waals surface area contributed by atoms with Gasteiger partial charge in [-0.1, -0.05) is 0 Å². The van der Waals surface area contributed by atoms with E-state index in [9.17, 15) is 4.79 Å². The molecule has 6 heteroatoms. The zero-order chi connectivity index (χ0) is 15.5. The first-order chi connectivity index (χ1) is 10.6. The molecule has 3 saturated heterocycles. The molecule has 3 fully saturated rings. The highest BCUT2D eigenvalue weighted by molar-refractivity contribution is 5.75. The molecule has 0 bridgehead atoms. The molecule has 0 atom stereocenters. The summed E-state index contributed by atoms with van der Waals surface area (Å²) in [7, 11) is 0. The number of nitrogens with one attached hydrogen (secondary N) is 1. The third-order valence-corrected chi connectivity index (χ3v) is 5.29. The van der Waals surface area contributed by atoms with Crippen LogP contribution in [0.5, 0.6) is 0 Å². The highest BCUT2D eigenvalue weighted by Crippen LogP contribution is 2.18. The number of hydrogen-bond acceptors (Lipinski definition) is 4. The van der Waals surface area contributed by atoms with Gasteiger partial charge in [-0.05, 0) is 26.7 Å². The SMILES string of the molecule is CC(C)N1CCN(C2CN(C(=O)NC3CCOCC3)C2)CC1. The molecule has 3 aliphatic rings. The minimum absolute atomic E-state index is 0.115. The Labute approximate surface area is 133 Å². The molecule has 3 rings (SSSR count). The number of rotatable bonds is 3. The van der Waals surface area contributed by atoms with Crippen LogP contribution in [0.25, 0.3) is 0 Å². The largest absolute Gasteiger partial charge is 0.381 e. The molecule has 0 spiro atoms. The van der Waals surface area contributed by atoms with Crippen molar-refractivity contribution in [1.82, 2.24) is 20.0 Å². The summed E-state index contributed by atoms with van der Waals surface area (Å²) in [6.45, 7) is 12.4. The average molecular weight is 310 g/mol. The fourth-order valence-electron chi connectivity index (χ4n) is 3.58. The molecule has 3 heterocycles. The van der Waals surface area contributed by atoms with Crippen LogP contribution in [0, 0.1) is 0 Å². The number of ether oxygens (including phenoxy) is 1. The summed E-state index contributed by atoms with van der Waals surface area (Å²) in [5, 5.41) is 3.15. The summed E-state index contributed by atoms with van der Waals surface area (Å²) in [5.41, 5.74) is 0. The van der Waals surface area contributed by atoms with Gasteiger partial charge in [0.1, 0.15) is 0 Å². The third kappa shape index (κ3) is 3.73. The van der Waals surface area contributed by atoms with Crippen molar-refractivity contribution in [3.63, 3.8) is 0 Å². The van der Waals surface area contributed by atoms with Crippen LogP contribution < -0.4 is 5.32 Å². The quantitative estimate of drug-likeness (QED) is 0.829. The van der Waals surface area contributed by atoms with Crippen molar-refractivity contribution in [1.29, 1.82) is 0 Å². The van der Waals surface area contributed by atoms with Gasteiger partial charge in [0.2, 0.25) is 0 Å². The normalized spacial score (nSPS) is 26.2. The molecule has 6 nitrogen and oxygen atoms in total. The van der Waals surface area contributed by atoms with Crippen molar-refractivity contribution in [2.75, 3.05) is 52.5 Å². The lowest BCUT2D eigenvalue weighted by atomic mass is 10.1. The van der Waals surface area contributed by atoms with E-state index in [4.69, 9.17) is 4.74 Å². The number of amides is 2. The van der Waals surface area contributed by atoms with Gasteiger partial charge in [0, 0.05) is 70.6 Å². The molecule has 0 unspecified atom stereocenters. The molecule has 0 aliphatic carbocycles. The van der Waals surface area contributed by atoms with Crippen molar-refractivity contribution in [2.24, 2.45) is 0 Å². The van der Waals surface area contributed by atoms with Crippen LogP contribution in [0.4, 0.5) is 4.79 Å². The average Bonchev–Trinajstić information content (AvgIpc) is 2.47. The third-order valence-electron chi connectivity index (χ3n) is 5.29. The first kappa shape index (κ1) is 16.0. The second-order valence-corrected chi connectivity index (χ2v) is 7.06. The Hall–Kier alpha value is -0.850. The van der Waals surface area contributed by atoms with Crippen LogP contribution >= 0.6 is 0 Å². The number of urea groups is 1. The molecule has 0 saturated carbocycles. The molecule has 2 amide bonds. The molecule has 0 aromatic rings. The van der Waals surface area contributed by atoms with Gasteiger partial charge in [-0.3, -0.25) is 9.80 Å². The Morgan fingerprint density at radius 1 is 1.09 bits per heavy atom. The Morgan fingerprint density at radius 2 is 1.73 bits per heavy atom. The minimum Gasteiger partial charge on any atom is -0.381 e. The Kier molecular flexibility index (Phi) is 5.21. The van der Waals surface area contributed by atoms with Gasteiger partial charge in [0.25, 0.3) is 0 Å². The van der Waals surface area contributed by atoms with Crippen LogP contribution in [-0.4, -0.2) is 91.3 Å². The Balaban J connectivity index is 1.36. The molecule has 0 aromatic heterocycles. The van der Waals surface area contributed by atoms with Crippen LogP contribution in [0.2, 0.25) is 0 Å². The van der Waals surface area contributed by atoms with Crippen molar-refractivity contribution < 1.29 is 9.53 Å². The van der Waals surface area contributed by atoms with Gasteiger partial charge in [0.05, 0.1) is 0 Å². The van der Waals surface area contributed by atoms with Gasteiger partial charge >= 0.3 is 6.03 Å². The van der Waals surface area contributed by atoms with E-state index in [1.165, 1.54) is 0 Å². The zero-order valence-electron chi connectivity index (χ0n) is 14.0. The maximum atomic E-state index is 12.2. The topological polar surface area (TPSA) is 48.0 Å². The number of carbonyl (C=O) groups is 1. The minimum atomic E-state index is 0.115. The summed E-state index contributed by atoms with van der Waals surface area (Å²) >= 11 is 0. The zero-order valence-corrected chi connectivity index (χ0v) is 14.0. The first-order valence-corrected chi connectivity index (χ1v) is 8.75. The smallest absolute Gasteiger partial charge is 0.317 e. The molecule has 0 radical (unpaired) electrons. The van der Waals surface area contributed by atoms with Gasteiger partial charge < -0.3 is 15.0 Å². The molecular weight excluding hydrogens is 280 g/mol. The lowest BCUT2D eigenvalue weighted by molar-refractivity contribution is 0.0141. The second kappa shape index (κ2) is 7.15. The van der Waals surface area contributed by atoms with E-state index in [1.54, 1.807) is 0 Å². The van der Waals surface area contributed by atoms with Crippen LogP contribution in [0.15, 0.2) is 0 Å². The standard InChI is InChI=1S/C16H30N4O2/c1-13(2)18-5-7-19(8-6-18)15-11-20(12-15)16(21)17-14-3-9-22-10-4-14/h13-15H,3-12H2,1-2H3,(H,17,21). The van der Waals surface area contributed by atoms with Gasteiger partial charge in [0.15, 0.2) is 0 Å². The molecule has 126 valence electrons. The van der Waals surface area contributed by atoms with Crippen molar-refractivity contribution in [2.45, 2.75) is 44.8 Å². The second-order valence-electron chi connectivity index (χ2n) is 7.06. The van der Waals surface area contributed by atoms with Gasteiger partial charge in [-0.2, -0.15) is 0 Å². The number of nitrogens with zero attached hydrogens (tertiary/aromatic N) is 3. The molecule has 0 aromatic carbocycles. The van der Waals surface area contributed by atoms with Crippen LogP contribution in [0.3, 0.4) is 0 Å². The van der Waals surface area contributed by atoms with E-state index < -0.39 is 0 Å². The molecule has 22 heavy (non-hydrogen) atoms. The summed E-state index contributed by atoms with van der Waals surface area (Å²) < 4.78 is 5.33. The van der Waals surface area contributed by atoms with Crippen molar-refractivity contribution >= 4 is 6.03 Å². The fraction of sp³-hybridized carbons (Fsp3) is 0.938. The number of likely N-dealkylation sites (tertiary alicyclic amines) is 1. The molecule has 3 aliphatic heterocycles. The maximum absolute atomic E-state index is 12.2. The highest BCUT2D eigenvalue weighted by Gasteiger charge is 2.36. The van der Waals surface area contributed by atoms with Gasteiger partial charge in [-0.25, -0.2) is 4.79 Å². The number of carbonyl (C=O) groups excluding carboxylic acids is 1. The maximum Gasteiger partial charge on any atom is 0.317 e. The van der Waals surface area contributed by atoms with E-state index >= 15 is 0 Å². The molecule has 1 N–H and O–H groups in total. The monoisotopic (exact) mass is 310 g/mol. The fourth-order valence-corrected chi connectivity index (χ4v) is 3.58. The Bertz CT molecular complexity index is 370. The number of hydrogen-bond donors (Lipinski definition) is 1. The lowest BCUT2D eigenvalue weighted by Crippen LogP contribution is -2.66. The van der Waals surface area contributed by atoms with Crippen LogP contribution in [0.1, 0.15) is 26.7 Å². The predicted octanol–water partition coefficient (Wildman–Crippen LogP) is 0.585.